The van der Waals surface area contributed by atoms with Gasteiger partial charge in [0.2, 0.25) is 11.6 Å². The van der Waals surface area contributed by atoms with E-state index in [4.69, 9.17) is 11.6 Å². The Morgan fingerprint density at radius 1 is 0.833 bits per heavy atom. The maximum absolute atomic E-state index is 11.6. The highest BCUT2D eigenvalue weighted by molar-refractivity contribution is 6.51. The van der Waals surface area contributed by atoms with E-state index in [2.05, 4.69) is 0 Å². The second kappa shape index (κ2) is 5.61. The summed E-state index contributed by atoms with van der Waals surface area (Å²) in [7, 11) is 0. The molecule has 18 heavy (non-hydrogen) atoms. The van der Waals surface area contributed by atoms with Crippen LogP contribution in [0.25, 0.3) is 11.1 Å². The van der Waals surface area contributed by atoms with E-state index in [-0.39, 0.29) is 5.88 Å². The van der Waals surface area contributed by atoms with Gasteiger partial charge >= 0.3 is 0 Å². The van der Waals surface area contributed by atoms with Crippen LogP contribution >= 0.6 is 11.6 Å². The number of ketones is 2. The molecule has 0 amide bonds. The average molecular weight is 259 g/mol. The van der Waals surface area contributed by atoms with Crippen molar-refractivity contribution in [3.8, 4) is 11.1 Å². The van der Waals surface area contributed by atoms with E-state index in [1.165, 1.54) is 0 Å². The number of hydrogen-bond acceptors (Lipinski definition) is 2. The molecule has 0 aliphatic rings. The Bertz CT molecular complexity index is 559. The lowest BCUT2D eigenvalue weighted by Gasteiger charge is -2.02. The summed E-state index contributed by atoms with van der Waals surface area (Å²) < 4.78 is 0. The number of alkyl halides is 1. The normalized spacial score (nSPS) is 10.1. The lowest BCUT2D eigenvalue weighted by Crippen LogP contribution is -2.15. The molecule has 0 saturated heterocycles. The fourth-order valence-electron chi connectivity index (χ4n) is 1.67. The SMILES string of the molecule is O=C(CCl)C(=O)c1ccc(-c2ccccc2)cc1. The molecule has 0 aromatic heterocycles. The average Bonchev–Trinajstić information content (AvgIpc) is 2.47. The van der Waals surface area contributed by atoms with Gasteiger partial charge < -0.3 is 0 Å². The summed E-state index contributed by atoms with van der Waals surface area (Å²) in [5.74, 6) is -1.40. The first-order valence-electron chi connectivity index (χ1n) is 5.51. The van der Waals surface area contributed by atoms with Crippen molar-refractivity contribution in [2.45, 2.75) is 0 Å². The molecule has 2 nitrogen and oxygen atoms in total. The topological polar surface area (TPSA) is 34.1 Å². The monoisotopic (exact) mass is 258 g/mol. The van der Waals surface area contributed by atoms with Crippen molar-refractivity contribution in [2.24, 2.45) is 0 Å². The lowest BCUT2D eigenvalue weighted by atomic mass is 10.0. The standard InChI is InChI=1S/C15H11ClO2/c16-10-14(17)15(18)13-8-6-12(7-9-13)11-4-2-1-3-5-11/h1-9H,10H2. The largest absolute Gasteiger partial charge is 0.289 e. The Morgan fingerprint density at radius 3 is 1.94 bits per heavy atom. The van der Waals surface area contributed by atoms with Crippen LogP contribution in [0.4, 0.5) is 0 Å². The summed E-state index contributed by atoms with van der Waals surface area (Å²) in [5.41, 5.74) is 2.45. The van der Waals surface area contributed by atoms with Crippen LogP contribution in [-0.4, -0.2) is 17.4 Å². The number of hydrogen-bond donors (Lipinski definition) is 0. The third kappa shape index (κ3) is 2.66. The molecule has 0 spiro atoms. The van der Waals surface area contributed by atoms with Crippen molar-refractivity contribution in [1.29, 1.82) is 0 Å². The second-order valence-corrected chi connectivity index (χ2v) is 4.10. The molecule has 3 heteroatoms. The van der Waals surface area contributed by atoms with Crippen molar-refractivity contribution in [2.75, 3.05) is 5.88 Å². The molecule has 0 saturated carbocycles. The summed E-state index contributed by atoms with van der Waals surface area (Å²) in [6.07, 6.45) is 0. The Morgan fingerprint density at radius 2 is 1.39 bits per heavy atom. The zero-order valence-electron chi connectivity index (χ0n) is 9.60. The predicted octanol–water partition coefficient (Wildman–Crippen LogP) is 3.34. The minimum absolute atomic E-state index is 0.279. The van der Waals surface area contributed by atoms with E-state index in [9.17, 15) is 9.59 Å². The molecule has 0 radical (unpaired) electrons. The van der Waals surface area contributed by atoms with Crippen LogP contribution in [0.2, 0.25) is 0 Å². The second-order valence-electron chi connectivity index (χ2n) is 3.83. The van der Waals surface area contributed by atoms with Gasteiger partial charge in [-0.1, -0.05) is 54.6 Å². The molecule has 2 aromatic rings. The Labute approximate surface area is 110 Å². The van der Waals surface area contributed by atoms with Crippen LogP contribution in [0.15, 0.2) is 54.6 Å². The van der Waals surface area contributed by atoms with E-state index >= 15 is 0 Å². The Balaban J connectivity index is 2.26. The van der Waals surface area contributed by atoms with Gasteiger partial charge in [0.1, 0.15) is 0 Å². The molecular weight excluding hydrogens is 248 g/mol. The van der Waals surface area contributed by atoms with E-state index in [1.807, 2.05) is 42.5 Å². The van der Waals surface area contributed by atoms with Gasteiger partial charge in [-0.2, -0.15) is 0 Å². The molecule has 2 rings (SSSR count). The summed E-state index contributed by atoms with van der Waals surface area (Å²) >= 11 is 5.35. The summed E-state index contributed by atoms with van der Waals surface area (Å²) in [6.45, 7) is 0. The Kier molecular flexibility index (Phi) is 3.90. The van der Waals surface area contributed by atoms with Crippen molar-refractivity contribution in [3.63, 3.8) is 0 Å². The molecule has 0 aliphatic heterocycles. The minimum Gasteiger partial charge on any atom is -0.289 e. The highest BCUT2D eigenvalue weighted by atomic mass is 35.5. The number of Topliss-reactive ketones (excluding diaryl/α,β-unsaturated/α-hetero) is 2. The van der Waals surface area contributed by atoms with Crippen molar-refractivity contribution < 1.29 is 9.59 Å². The van der Waals surface area contributed by atoms with E-state index in [1.54, 1.807) is 12.1 Å². The first-order valence-corrected chi connectivity index (χ1v) is 6.05. The highest BCUT2D eigenvalue weighted by Crippen LogP contribution is 2.19. The van der Waals surface area contributed by atoms with E-state index < -0.39 is 11.6 Å². The number of rotatable bonds is 4. The van der Waals surface area contributed by atoms with Crippen LogP contribution in [0.5, 0.6) is 0 Å². The van der Waals surface area contributed by atoms with Crippen LogP contribution in [0.3, 0.4) is 0 Å². The molecule has 2 aromatic carbocycles. The first-order chi connectivity index (χ1) is 8.72. The molecule has 0 unspecified atom stereocenters. The molecule has 0 atom stereocenters. The van der Waals surface area contributed by atoms with Gasteiger partial charge in [-0.15, -0.1) is 11.6 Å². The molecular formula is C15H11ClO2. The van der Waals surface area contributed by atoms with Gasteiger partial charge in [0.25, 0.3) is 0 Å². The predicted molar refractivity (Wildman–Crippen MR) is 71.9 cm³/mol. The molecule has 0 N–H and O–H groups in total. The molecule has 0 bridgehead atoms. The van der Waals surface area contributed by atoms with Crippen molar-refractivity contribution in [1.82, 2.24) is 0 Å². The van der Waals surface area contributed by atoms with Crippen LogP contribution in [-0.2, 0) is 4.79 Å². The maximum atomic E-state index is 11.6. The Hall–Kier alpha value is -1.93. The molecule has 90 valence electrons. The van der Waals surface area contributed by atoms with Crippen molar-refractivity contribution in [3.05, 3.63) is 60.2 Å². The van der Waals surface area contributed by atoms with Gasteiger partial charge in [-0.25, -0.2) is 0 Å². The van der Waals surface area contributed by atoms with Gasteiger partial charge in [-0.05, 0) is 11.1 Å². The minimum atomic E-state index is -0.580. The number of benzene rings is 2. The van der Waals surface area contributed by atoms with Crippen LogP contribution < -0.4 is 0 Å². The molecule has 0 heterocycles. The van der Waals surface area contributed by atoms with Gasteiger partial charge in [-0.3, -0.25) is 9.59 Å². The third-order valence-electron chi connectivity index (χ3n) is 2.63. The van der Waals surface area contributed by atoms with Gasteiger partial charge in [0.15, 0.2) is 0 Å². The van der Waals surface area contributed by atoms with E-state index in [0.717, 1.165) is 11.1 Å². The summed E-state index contributed by atoms with van der Waals surface area (Å²) in [5, 5.41) is 0. The third-order valence-corrected chi connectivity index (χ3v) is 2.87. The number of halogens is 1. The van der Waals surface area contributed by atoms with Crippen LogP contribution in [0, 0.1) is 0 Å². The number of carbonyl (C=O) groups is 2. The summed E-state index contributed by atoms with van der Waals surface area (Å²) in [6, 6.07) is 16.8. The molecule has 0 fully saturated rings. The zero-order valence-corrected chi connectivity index (χ0v) is 10.4. The van der Waals surface area contributed by atoms with Crippen molar-refractivity contribution >= 4 is 23.2 Å². The maximum Gasteiger partial charge on any atom is 0.229 e. The summed E-state index contributed by atoms with van der Waals surface area (Å²) in [4.78, 5) is 22.8. The lowest BCUT2D eigenvalue weighted by molar-refractivity contribution is -0.112. The smallest absolute Gasteiger partial charge is 0.229 e. The quantitative estimate of drug-likeness (QED) is 0.479. The number of carbonyl (C=O) groups excluding carboxylic acids is 2. The van der Waals surface area contributed by atoms with Gasteiger partial charge in [0, 0.05) is 5.56 Å². The fourth-order valence-corrected chi connectivity index (χ4v) is 1.79. The fraction of sp³-hybridized carbons (Fsp3) is 0.0667. The zero-order chi connectivity index (χ0) is 13.0. The molecule has 0 aliphatic carbocycles. The highest BCUT2D eigenvalue weighted by Gasteiger charge is 2.14. The van der Waals surface area contributed by atoms with E-state index in [0.29, 0.717) is 5.56 Å². The van der Waals surface area contributed by atoms with Crippen LogP contribution in [0.1, 0.15) is 10.4 Å². The first kappa shape index (κ1) is 12.5. The van der Waals surface area contributed by atoms with Gasteiger partial charge in [0.05, 0.1) is 5.88 Å².